The minimum absolute atomic E-state index is 0.0957. The van der Waals surface area contributed by atoms with Crippen LogP contribution in [0.2, 0.25) is 0 Å². The molecule has 1 aliphatic rings. The fourth-order valence-electron chi connectivity index (χ4n) is 4.32. The van der Waals surface area contributed by atoms with Crippen molar-refractivity contribution in [2.75, 3.05) is 26.2 Å². The average Bonchev–Trinajstić information content (AvgIpc) is 3.31. The summed E-state index contributed by atoms with van der Waals surface area (Å²) in [5.41, 5.74) is 1.19. The largest absolute Gasteiger partial charge is 0.488 e. The number of thiophene rings is 1. The van der Waals surface area contributed by atoms with E-state index in [1.807, 2.05) is 25.3 Å². The first-order chi connectivity index (χ1) is 16.8. The fourth-order valence-corrected chi connectivity index (χ4v) is 5.25. The van der Waals surface area contributed by atoms with Crippen molar-refractivity contribution in [1.29, 1.82) is 0 Å². The van der Waals surface area contributed by atoms with Crippen LogP contribution in [0.15, 0.2) is 60.0 Å². The number of para-hydroxylation sites is 1. The molecule has 0 fully saturated rings. The molecule has 1 unspecified atom stereocenters. The van der Waals surface area contributed by atoms with Gasteiger partial charge in [-0.1, -0.05) is 32.0 Å². The molecule has 5 nitrogen and oxygen atoms in total. The van der Waals surface area contributed by atoms with E-state index >= 15 is 0 Å². The molecule has 1 aliphatic heterocycles. The smallest absolute Gasteiger partial charge is 0.254 e. The number of hydrogen-bond acceptors (Lipinski definition) is 4. The molecule has 3 aromatic rings. The van der Waals surface area contributed by atoms with Crippen LogP contribution in [-0.2, 0) is 11.2 Å². The molecule has 0 aliphatic carbocycles. The SMILES string of the molecule is CC(C)CN(CC(=O)N1CCc2sccc2C1COc1ccccc1F)C(=O)c1cccc(F)c1. The molecule has 0 radical (unpaired) electrons. The molecule has 4 rings (SSSR count). The predicted octanol–water partition coefficient (Wildman–Crippen LogP) is 5.33. The number of benzene rings is 2. The van der Waals surface area contributed by atoms with Crippen LogP contribution in [0.5, 0.6) is 5.75 Å². The minimum Gasteiger partial charge on any atom is -0.488 e. The molecular weight excluding hydrogens is 470 g/mol. The zero-order valence-corrected chi connectivity index (χ0v) is 20.6. The van der Waals surface area contributed by atoms with Gasteiger partial charge in [-0.05, 0) is 59.7 Å². The highest BCUT2D eigenvalue weighted by molar-refractivity contribution is 7.10. The minimum atomic E-state index is -0.502. The van der Waals surface area contributed by atoms with Crippen molar-refractivity contribution in [3.05, 3.63) is 87.6 Å². The van der Waals surface area contributed by atoms with Gasteiger partial charge in [0.25, 0.3) is 5.91 Å². The third-order valence-corrected chi connectivity index (χ3v) is 6.92. The molecule has 2 heterocycles. The molecule has 2 aromatic carbocycles. The van der Waals surface area contributed by atoms with Crippen LogP contribution in [0.25, 0.3) is 0 Å². The van der Waals surface area contributed by atoms with E-state index in [1.54, 1.807) is 40.5 Å². The second-order valence-corrected chi connectivity index (χ2v) is 9.98. The summed E-state index contributed by atoms with van der Waals surface area (Å²) in [6.07, 6.45) is 0.705. The number of hydrogen-bond donors (Lipinski definition) is 0. The Kier molecular flexibility index (Phi) is 7.80. The number of rotatable bonds is 8. The Labute approximate surface area is 207 Å². The van der Waals surface area contributed by atoms with Gasteiger partial charge in [-0.25, -0.2) is 8.78 Å². The number of nitrogens with zero attached hydrogens (tertiary/aromatic N) is 2. The summed E-state index contributed by atoms with van der Waals surface area (Å²) >= 11 is 1.63. The van der Waals surface area contributed by atoms with Crippen LogP contribution in [0.3, 0.4) is 0 Å². The molecule has 2 amide bonds. The van der Waals surface area contributed by atoms with Crippen LogP contribution in [0.4, 0.5) is 8.78 Å². The highest BCUT2D eigenvalue weighted by atomic mass is 32.1. The maximum Gasteiger partial charge on any atom is 0.254 e. The Morgan fingerprint density at radius 2 is 1.94 bits per heavy atom. The number of ether oxygens (including phenoxy) is 1. The second-order valence-electron chi connectivity index (χ2n) is 8.98. The molecule has 0 saturated heterocycles. The van der Waals surface area contributed by atoms with Crippen molar-refractivity contribution in [1.82, 2.24) is 9.80 Å². The van der Waals surface area contributed by atoms with Crippen molar-refractivity contribution in [2.45, 2.75) is 26.3 Å². The highest BCUT2D eigenvalue weighted by Crippen LogP contribution is 2.34. The summed E-state index contributed by atoms with van der Waals surface area (Å²) in [5, 5.41) is 1.98. The molecule has 0 N–H and O–H groups in total. The topological polar surface area (TPSA) is 49.9 Å². The molecule has 0 bridgehead atoms. The van der Waals surface area contributed by atoms with Gasteiger partial charge in [-0.3, -0.25) is 9.59 Å². The summed E-state index contributed by atoms with van der Waals surface area (Å²) < 4.78 is 33.7. The third-order valence-electron chi connectivity index (χ3n) is 5.92. The monoisotopic (exact) mass is 498 g/mol. The standard InChI is InChI=1S/C27H28F2N2O3S/c1-18(2)15-30(27(33)19-6-5-7-20(28)14-19)16-26(32)31-12-10-25-21(11-13-35-25)23(31)17-34-24-9-4-3-8-22(24)29/h3-9,11,13-14,18,23H,10,12,15-17H2,1-2H3. The zero-order valence-electron chi connectivity index (χ0n) is 19.7. The Morgan fingerprint density at radius 3 is 2.69 bits per heavy atom. The Bertz CT molecular complexity index is 1200. The van der Waals surface area contributed by atoms with Gasteiger partial charge in [0.1, 0.15) is 19.0 Å². The number of fused-ring (bicyclic) bond motifs is 1. The lowest BCUT2D eigenvalue weighted by Gasteiger charge is -2.37. The van der Waals surface area contributed by atoms with Crippen LogP contribution in [0, 0.1) is 17.6 Å². The lowest BCUT2D eigenvalue weighted by atomic mass is 10.00. The second kappa shape index (κ2) is 11.0. The summed E-state index contributed by atoms with van der Waals surface area (Å²) in [6.45, 7) is 4.71. The molecule has 1 atom stereocenters. The number of carbonyl (C=O) groups is 2. The van der Waals surface area contributed by atoms with Crippen molar-refractivity contribution < 1.29 is 23.1 Å². The number of amides is 2. The van der Waals surface area contributed by atoms with E-state index in [2.05, 4.69) is 0 Å². The van der Waals surface area contributed by atoms with Crippen LogP contribution < -0.4 is 4.74 Å². The van der Waals surface area contributed by atoms with Crippen molar-refractivity contribution in [3.8, 4) is 5.75 Å². The van der Waals surface area contributed by atoms with E-state index in [-0.39, 0.29) is 42.2 Å². The quantitative estimate of drug-likeness (QED) is 0.422. The van der Waals surface area contributed by atoms with E-state index in [0.717, 1.165) is 5.56 Å². The van der Waals surface area contributed by atoms with Crippen molar-refractivity contribution in [2.24, 2.45) is 5.92 Å². The Hall–Kier alpha value is -3.26. The lowest BCUT2D eigenvalue weighted by Crippen LogP contribution is -2.48. The summed E-state index contributed by atoms with van der Waals surface area (Å²) in [7, 11) is 0. The van der Waals surface area contributed by atoms with Gasteiger partial charge in [0, 0.05) is 23.5 Å². The van der Waals surface area contributed by atoms with Gasteiger partial charge in [0.15, 0.2) is 11.6 Å². The first-order valence-electron chi connectivity index (χ1n) is 11.6. The van der Waals surface area contributed by atoms with E-state index in [0.29, 0.717) is 19.5 Å². The lowest BCUT2D eigenvalue weighted by molar-refractivity contribution is -0.135. The van der Waals surface area contributed by atoms with Crippen LogP contribution >= 0.6 is 11.3 Å². The van der Waals surface area contributed by atoms with Crippen LogP contribution in [0.1, 0.15) is 40.7 Å². The molecule has 184 valence electrons. The molecule has 35 heavy (non-hydrogen) atoms. The molecule has 0 saturated carbocycles. The van der Waals surface area contributed by atoms with Gasteiger partial charge in [-0.2, -0.15) is 0 Å². The van der Waals surface area contributed by atoms with Crippen LogP contribution in [-0.4, -0.2) is 47.9 Å². The maximum atomic E-state index is 14.1. The Balaban J connectivity index is 1.55. The number of halogens is 2. The van der Waals surface area contributed by atoms with Crippen molar-refractivity contribution >= 4 is 23.2 Å². The van der Waals surface area contributed by atoms with Gasteiger partial charge >= 0.3 is 0 Å². The first kappa shape index (κ1) is 24.9. The van der Waals surface area contributed by atoms with Gasteiger partial charge in [0.2, 0.25) is 5.91 Å². The first-order valence-corrected chi connectivity index (χ1v) is 12.5. The number of carbonyl (C=O) groups excluding carboxylic acids is 2. The van der Waals surface area contributed by atoms with Gasteiger partial charge in [0.05, 0.1) is 6.04 Å². The molecule has 8 heteroatoms. The average molecular weight is 499 g/mol. The zero-order chi connectivity index (χ0) is 24.9. The Morgan fingerprint density at radius 1 is 1.14 bits per heavy atom. The van der Waals surface area contributed by atoms with E-state index in [9.17, 15) is 18.4 Å². The van der Waals surface area contributed by atoms with E-state index in [4.69, 9.17) is 4.74 Å². The third kappa shape index (κ3) is 5.88. The summed E-state index contributed by atoms with van der Waals surface area (Å²) in [4.78, 5) is 31.1. The fraction of sp³-hybridized carbons (Fsp3) is 0.333. The maximum absolute atomic E-state index is 14.1. The molecular formula is C27H28F2N2O3S. The summed E-state index contributed by atoms with van der Waals surface area (Å²) in [5.74, 6) is -1.34. The highest BCUT2D eigenvalue weighted by Gasteiger charge is 2.34. The molecule has 0 spiro atoms. The molecule has 1 aromatic heterocycles. The van der Waals surface area contributed by atoms with Crippen molar-refractivity contribution in [3.63, 3.8) is 0 Å². The van der Waals surface area contributed by atoms with Gasteiger partial charge < -0.3 is 14.5 Å². The normalized spacial score (nSPS) is 15.1. The van der Waals surface area contributed by atoms with E-state index in [1.165, 1.54) is 34.0 Å². The summed E-state index contributed by atoms with van der Waals surface area (Å²) in [6, 6.07) is 13.2. The van der Waals surface area contributed by atoms with E-state index < -0.39 is 17.7 Å². The predicted molar refractivity (Wildman–Crippen MR) is 132 cm³/mol. The van der Waals surface area contributed by atoms with Gasteiger partial charge in [-0.15, -0.1) is 11.3 Å².